The summed E-state index contributed by atoms with van der Waals surface area (Å²) in [6.07, 6.45) is 1.45. The zero-order valence-electron chi connectivity index (χ0n) is 6.75. The van der Waals surface area contributed by atoms with Crippen LogP contribution in [0.15, 0.2) is 12.7 Å². The number of hydrogen-bond acceptors (Lipinski definition) is 3. The van der Waals surface area contributed by atoms with Crippen molar-refractivity contribution in [1.29, 1.82) is 0 Å². The highest BCUT2D eigenvalue weighted by Gasteiger charge is 2.04. The van der Waals surface area contributed by atoms with Gasteiger partial charge in [0.05, 0.1) is 12.7 Å². The molecule has 0 saturated heterocycles. The fourth-order valence-electron chi connectivity index (χ4n) is 0.617. The van der Waals surface area contributed by atoms with Gasteiger partial charge >= 0.3 is 5.97 Å². The first-order chi connectivity index (χ1) is 5.20. The molecule has 0 aromatic heterocycles. The number of aliphatic hydroxyl groups excluding tert-OH is 1. The molecule has 3 nitrogen and oxygen atoms in total. The van der Waals surface area contributed by atoms with E-state index in [1.165, 1.54) is 6.08 Å². The van der Waals surface area contributed by atoms with Gasteiger partial charge in [0.25, 0.3) is 0 Å². The zero-order chi connectivity index (χ0) is 8.69. The molecule has 0 aliphatic rings. The van der Waals surface area contributed by atoms with Crippen molar-refractivity contribution in [2.45, 2.75) is 25.9 Å². The number of rotatable bonds is 5. The molecule has 3 heteroatoms. The predicted octanol–water partition coefficient (Wildman–Crippen LogP) is 0.877. The van der Waals surface area contributed by atoms with Crippen molar-refractivity contribution in [1.82, 2.24) is 0 Å². The standard InChI is InChI=1S/C8H14O3/c1-3-7(9)5-6-8(10)11-4-2/h3,7,9H,1,4-6H2,2H3. The Balaban J connectivity index is 3.37. The average Bonchev–Trinajstić information content (AvgIpc) is 2.01. The van der Waals surface area contributed by atoms with E-state index in [0.29, 0.717) is 13.0 Å². The SMILES string of the molecule is C=CC(O)CCC(=O)OCC. The number of ether oxygens (including phenoxy) is 1. The van der Waals surface area contributed by atoms with Gasteiger partial charge in [-0.2, -0.15) is 0 Å². The summed E-state index contributed by atoms with van der Waals surface area (Å²) >= 11 is 0. The number of carbonyl (C=O) groups excluding carboxylic acids is 1. The Hall–Kier alpha value is -0.830. The van der Waals surface area contributed by atoms with Crippen LogP contribution in [0.1, 0.15) is 19.8 Å². The molecule has 0 fully saturated rings. The lowest BCUT2D eigenvalue weighted by atomic mass is 10.2. The Morgan fingerprint density at radius 3 is 2.91 bits per heavy atom. The monoisotopic (exact) mass is 158 g/mol. The number of aliphatic hydroxyl groups is 1. The van der Waals surface area contributed by atoms with Gasteiger partial charge in [-0.15, -0.1) is 6.58 Å². The summed E-state index contributed by atoms with van der Waals surface area (Å²) in [4.78, 5) is 10.7. The van der Waals surface area contributed by atoms with Gasteiger partial charge in [0.1, 0.15) is 0 Å². The molecule has 0 rings (SSSR count). The third-order valence-corrected chi connectivity index (χ3v) is 1.22. The molecule has 0 aromatic rings. The first-order valence-electron chi connectivity index (χ1n) is 3.67. The van der Waals surface area contributed by atoms with E-state index in [4.69, 9.17) is 5.11 Å². The number of esters is 1. The highest BCUT2D eigenvalue weighted by Crippen LogP contribution is 1.98. The minimum Gasteiger partial charge on any atom is -0.466 e. The van der Waals surface area contributed by atoms with Crippen molar-refractivity contribution in [2.24, 2.45) is 0 Å². The molecule has 1 N–H and O–H groups in total. The van der Waals surface area contributed by atoms with Crippen molar-refractivity contribution in [2.75, 3.05) is 6.61 Å². The Morgan fingerprint density at radius 1 is 1.82 bits per heavy atom. The van der Waals surface area contributed by atoms with Gasteiger partial charge in [0.15, 0.2) is 0 Å². The maximum atomic E-state index is 10.7. The van der Waals surface area contributed by atoms with E-state index in [2.05, 4.69) is 11.3 Å². The van der Waals surface area contributed by atoms with E-state index in [1.807, 2.05) is 0 Å². The van der Waals surface area contributed by atoms with Crippen LogP contribution in [0.5, 0.6) is 0 Å². The lowest BCUT2D eigenvalue weighted by Crippen LogP contribution is -2.09. The highest BCUT2D eigenvalue weighted by atomic mass is 16.5. The fourth-order valence-corrected chi connectivity index (χ4v) is 0.617. The minimum atomic E-state index is -0.598. The highest BCUT2D eigenvalue weighted by molar-refractivity contribution is 5.69. The van der Waals surface area contributed by atoms with Crippen LogP contribution >= 0.6 is 0 Å². The normalized spacial score (nSPS) is 12.2. The molecule has 0 radical (unpaired) electrons. The second-order valence-corrected chi connectivity index (χ2v) is 2.15. The lowest BCUT2D eigenvalue weighted by Gasteiger charge is -2.03. The predicted molar refractivity (Wildman–Crippen MR) is 42.1 cm³/mol. The quantitative estimate of drug-likeness (QED) is 0.477. The molecule has 0 aliphatic heterocycles. The topological polar surface area (TPSA) is 46.5 Å². The summed E-state index contributed by atoms with van der Waals surface area (Å²) in [7, 11) is 0. The van der Waals surface area contributed by atoms with Crippen LogP contribution in [-0.2, 0) is 9.53 Å². The summed E-state index contributed by atoms with van der Waals surface area (Å²) in [5, 5.41) is 8.95. The number of hydrogen-bond donors (Lipinski definition) is 1. The molecule has 0 saturated carbocycles. The maximum Gasteiger partial charge on any atom is 0.305 e. The summed E-state index contributed by atoms with van der Waals surface area (Å²) < 4.78 is 4.65. The summed E-state index contributed by atoms with van der Waals surface area (Å²) in [6.45, 7) is 5.53. The zero-order valence-corrected chi connectivity index (χ0v) is 6.75. The molecule has 0 heterocycles. The van der Waals surface area contributed by atoms with E-state index in [1.54, 1.807) is 6.92 Å². The molecule has 1 unspecified atom stereocenters. The second kappa shape index (κ2) is 5.92. The third kappa shape index (κ3) is 5.61. The second-order valence-electron chi connectivity index (χ2n) is 2.15. The Morgan fingerprint density at radius 2 is 2.45 bits per heavy atom. The Kier molecular flexibility index (Phi) is 5.47. The Labute approximate surface area is 66.7 Å². The molecular weight excluding hydrogens is 144 g/mol. The molecular formula is C8H14O3. The van der Waals surface area contributed by atoms with E-state index >= 15 is 0 Å². The molecule has 64 valence electrons. The van der Waals surface area contributed by atoms with Gasteiger partial charge in [-0.1, -0.05) is 6.08 Å². The third-order valence-electron chi connectivity index (χ3n) is 1.22. The van der Waals surface area contributed by atoms with Crippen molar-refractivity contribution in [3.05, 3.63) is 12.7 Å². The Bertz CT molecular complexity index is 131. The van der Waals surface area contributed by atoms with Crippen molar-refractivity contribution >= 4 is 5.97 Å². The molecule has 0 bridgehead atoms. The van der Waals surface area contributed by atoms with E-state index < -0.39 is 6.10 Å². The fraction of sp³-hybridized carbons (Fsp3) is 0.625. The molecule has 0 spiro atoms. The van der Waals surface area contributed by atoms with Gasteiger partial charge in [-0.25, -0.2) is 0 Å². The number of carbonyl (C=O) groups is 1. The van der Waals surface area contributed by atoms with Gasteiger partial charge in [-0.3, -0.25) is 4.79 Å². The molecule has 1 atom stereocenters. The average molecular weight is 158 g/mol. The summed E-state index contributed by atoms with van der Waals surface area (Å²) in [5.74, 6) is -0.270. The van der Waals surface area contributed by atoms with Crippen molar-refractivity contribution < 1.29 is 14.6 Å². The molecule has 0 aromatic carbocycles. The lowest BCUT2D eigenvalue weighted by molar-refractivity contribution is -0.143. The first-order valence-corrected chi connectivity index (χ1v) is 3.67. The van der Waals surface area contributed by atoms with Crippen LogP contribution in [-0.4, -0.2) is 23.8 Å². The first kappa shape index (κ1) is 10.2. The minimum absolute atomic E-state index is 0.251. The smallest absolute Gasteiger partial charge is 0.305 e. The van der Waals surface area contributed by atoms with Crippen molar-refractivity contribution in [3.63, 3.8) is 0 Å². The molecule has 0 amide bonds. The van der Waals surface area contributed by atoms with E-state index in [0.717, 1.165) is 0 Å². The van der Waals surface area contributed by atoms with Gasteiger partial charge in [-0.05, 0) is 13.3 Å². The van der Waals surface area contributed by atoms with Crippen LogP contribution in [0, 0.1) is 0 Å². The van der Waals surface area contributed by atoms with Gasteiger partial charge < -0.3 is 9.84 Å². The van der Waals surface area contributed by atoms with Crippen LogP contribution < -0.4 is 0 Å². The van der Waals surface area contributed by atoms with Gasteiger partial charge in [0, 0.05) is 6.42 Å². The van der Waals surface area contributed by atoms with E-state index in [9.17, 15) is 4.79 Å². The van der Waals surface area contributed by atoms with E-state index in [-0.39, 0.29) is 12.4 Å². The summed E-state index contributed by atoms with van der Waals surface area (Å²) in [5.41, 5.74) is 0. The molecule has 11 heavy (non-hydrogen) atoms. The van der Waals surface area contributed by atoms with Gasteiger partial charge in [0.2, 0.25) is 0 Å². The largest absolute Gasteiger partial charge is 0.466 e. The van der Waals surface area contributed by atoms with Crippen molar-refractivity contribution in [3.8, 4) is 0 Å². The molecule has 0 aliphatic carbocycles. The summed E-state index contributed by atoms with van der Waals surface area (Å²) in [6, 6.07) is 0. The van der Waals surface area contributed by atoms with Crippen LogP contribution in [0.4, 0.5) is 0 Å². The van der Waals surface area contributed by atoms with Crippen LogP contribution in [0.2, 0.25) is 0 Å². The maximum absolute atomic E-state index is 10.7. The van der Waals surface area contributed by atoms with Crippen LogP contribution in [0.3, 0.4) is 0 Å². The van der Waals surface area contributed by atoms with Crippen LogP contribution in [0.25, 0.3) is 0 Å².